The van der Waals surface area contributed by atoms with Gasteiger partial charge < -0.3 is 4.57 Å². The molecule has 0 atom stereocenters. The van der Waals surface area contributed by atoms with Gasteiger partial charge in [0.1, 0.15) is 0 Å². The van der Waals surface area contributed by atoms with Gasteiger partial charge >= 0.3 is 0 Å². The minimum absolute atomic E-state index is 0.899. The molecular formula is C42H27N5. The molecule has 0 radical (unpaired) electrons. The number of pyridine rings is 4. The van der Waals surface area contributed by atoms with Crippen molar-refractivity contribution >= 4 is 32.6 Å². The highest BCUT2D eigenvalue weighted by atomic mass is 15.0. The summed E-state index contributed by atoms with van der Waals surface area (Å²) in [6, 6.07) is 48.8. The van der Waals surface area contributed by atoms with Crippen LogP contribution in [-0.2, 0) is 0 Å². The molecule has 0 saturated heterocycles. The average Bonchev–Trinajstić information content (AvgIpc) is 3.48. The Bertz CT molecular complexity index is 2430. The summed E-state index contributed by atoms with van der Waals surface area (Å²) in [7, 11) is 0. The molecule has 0 amide bonds. The van der Waals surface area contributed by atoms with Crippen LogP contribution < -0.4 is 0 Å². The Morgan fingerprint density at radius 2 is 0.915 bits per heavy atom. The molecule has 0 spiro atoms. The first-order chi connectivity index (χ1) is 23.3. The van der Waals surface area contributed by atoms with E-state index in [4.69, 9.17) is 9.97 Å². The molecule has 0 bridgehead atoms. The molecule has 5 heteroatoms. The minimum atomic E-state index is 0.899. The second-order valence-electron chi connectivity index (χ2n) is 11.6. The number of hydrogen-bond donors (Lipinski definition) is 0. The summed E-state index contributed by atoms with van der Waals surface area (Å²) in [4.78, 5) is 18.7. The Balaban J connectivity index is 1.25. The third-order valence-electron chi connectivity index (χ3n) is 8.76. The molecule has 5 heterocycles. The second-order valence-corrected chi connectivity index (χ2v) is 11.6. The quantitative estimate of drug-likeness (QED) is 0.197. The molecule has 5 aromatic heterocycles. The fourth-order valence-corrected chi connectivity index (χ4v) is 6.48. The topological polar surface area (TPSA) is 56.5 Å². The minimum Gasteiger partial charge on any atom is -0.309 e. The Morgan fingerprint density at radius 1 is 0.383 bits per heavy atom. The van der Waals surface area contributed by atoms with Gasteiger partial charge in [0.05, 0.1) is 33.8 Å². The van der Waals surface area contributed by atoms with Crippen LogP contribution in [0.4, 0.5) is 0 Å². The van der Waals surface area contributed by atoms with E-state index in [0.29, 0.717) is 0 Å². The van der Waals surface area contributed by atoms with E-state index in [-0.39, 0.29) is 0 Å². The first-order valence-electron chi connectivity index (χ1n) is 15.6. The maximum Gasteiger partial charge on any atom is 0.0725 e. The standard InChI is InChI=1S/C42H27N5/c1-2-8-29-23-34(18-15-28(29)7-1)47-41-19-16-30(37-11-3-13-39(45-37)32-9-5-21-43-26-32)24-35(41)36-25-31(17-20-42(36)47)38-12-4-14-40(46-38)33-10-6-22-44-27-33/h1-27H. The lowest BCUT2D eigenvalue weighted by Gasteiger charge is -2.10. The molecule has 220 valence electrons. The van der Waals surface area contributed by atoms with Crippen LogP contribution in [0.5, 0.6) is 0 Å². The zero-order valence-electron chi connectivity index (χ0n) is 25.3. The van der Waals surface area contributed by atoms with Crippen LogP contribution in [-0.4, -0.2) is 24.5 Å². The van der Waals surface area contributed by atoms with Crippen LogP contribution in [0.2, 0.25) is 0 Å². The van der Waals surface area contributed by atoms with Gasteiger partial charge in [-0.15, -0.1) is 0 Å². The Labute approximate surface area is 271 Å². The fraction of sp³-hybridized carbons (Fsp3) is 0. The molecule has 9 rings (SSSR count). The summed E-state index contributed by atoms with van der Waals surface area (Å²) >= 11 is 0. The number of benzene rings is 4. The monoisotopic (exact) mass is 601 g/mol. The van der Waals surface area contributed by atoms with Gasteiger partial charge in [-0.2, -0.15) is 0 Å². The molecule has 0 aliphatic heterocycles. The highest BCUT2D eigenvalue weighted by Crippen LogP contribution is 2.38. The van der Waals surface area contributed by atoms with Gasteiger partial charge in [0, 0.05) is 63.5 Å². The van der Waals surface area contributed by atoms with Crippen molar-refractivity contribution in [3.63, 3.8) is 0 Å². The Morgan fingerprint density at radius 3 is 1.45 bits per heavy atom. The predicted molar refractivity (Wildman–Crippen MR) is 191 cm³/mol. The molecule has 9 aromatic rings. The highest BCUT2D eigenvalue weighted by molar-refractivity contribution is 6.11. The van der Waals surface area contributed by atoms with E-state index in [1.54, 1.807) is 12.4 Å². The van der Waals surface area contributed by atoms with Crippen molar-refractivity contribution in [2.24, 2.45) is 0 Å². The van der Waals surface area contributed by atoms with E-state index in [0.717, 1.165) is 72.5 Å². The lowest BCUT2D eigenvalue weighted by molar-refractivity contribution is 1.18. The lowest BCUT2D eigenvalue weighted by Crippen LogP contribution is -1.94. The summed E-state index contributed by atoms with van der Waals surface area (Å²) < 4.78 is 2.36. The Hall–Kier alpha value is -6.46. The molecule has 0 fully saturated rings. The van der Waals surface area contributed by atoms with Crippen molar-refractivity contribution in [1.29, 1.82) is 0 Å². The van der Waals surface area contributed by atoms with Crippen molar-refractivity contribution in [2.75, 3.05) is 0 Å². The third-order valence-corrected chi connectivity index (χ3v) is 8.76. The third kappa shape index (κ3) is 4.82. The van der Waals surface area contributed by atoms with Crippen LogP contribution in [0, 0.1) is 0 Å². The largest absolute Gasteiger partial charge is 0.309 e. The maximum atomic E-state index is 5.04. The van der Waals surface area contributed by atoms with Crippen LogP contribution in [0.3, 0.4) is 0 Å². The van der Waals surface area contributed by atoms with Gasteiger partial charge in [-0.3, -0.25) is 9.97 Å². The van der Waals surface area contributed by atoms with E-state index >= 15 is 0 Å². The van der Waals surface area contributed by atoms with Gasteiger partial charge in [-0.05, 0) is 95.7 Å². The van der Waals surface area contributed by atoms with Crippen LogP contribution in [0.25, 0.3) is 83.3 Å². The summed E-state index contributed by atoms with van der Waals surface area (Å²) in [6.45, 7) is 0. The van der Waals surface area contributed by atoms with Gasteiger partial charge in [0.2, 0.25) is 0 Å². The van der Waals surface area contributed by atoms with E-state index in [9.17, 15) is 0 Å². The zero-order chi connectivity index (χ0) is 31.2. The lowest BCUT2D eigenvalue weighted by atomic mass is 10.0. The number of aromatic nitrogens is 5. The van der Waals surface area contributed by atoms with Gasteiger partial charge in [0.15, 0.2) is 0 Å². The predicted octanol–water partition coefficient (Wildman–Crippen LogP) is 10.2. The molecule has 0 N–H and O–H groups in total. The van der Waals surface area contributed by atoms with Crippen molar-refractivity contribution in [2.45, 2.75) is 0 Å². The zero-order valence-corrected chi connectivity index (χ0v) is 25.3. The van der Waals surface area contributed by atoms with Gasteiger partial charge in [-0.1, -0.05) is 54.6 Å². The van der Waals surface area contributed by atoms with E-state index < -0.39 is 0 Å². The molecule has 0 unspecified atom stereocenters. The first-order valence-corrected chi connectivity index (χ1v) is 15.6. The van der Waals surface area contributed by atoms with Gasteiger partial charge in [-0.25, -0.2) is 9.97 Å². The molecule has 4 aromatic carbocycles. The summed E-state index contributed by atoms with van der Waals surface area (Å²) in [5.74, 6) is 0. The average molecular weight is 602 g/mol. The van der Waals surface area contributed by atoms with Crippen molar-refractivity contribution in [1.82, 2.24) is 24.5 Å². The van der Waals surface area contributed by atoms with Crippen LogP contribution in [0.1, 0.15) is 0 Å². The SMILES string of the molecule is c1cncc(-c2cccc(-c3ccc4c(c3)c3cc(-c5cccc(-c6cccnc6)n5)ccc3n4-c3ccc4ccccc4c3)n2)c1. The highest BCUT2D eigenvalue weighted by Gasteiger charge is 2.16. The molecular weight excluding hydrogens is 574 g/mol. The molecule has 5 nitrogen and oxygen atoms in total. The normalized spacial score (nSPS) is 11.4. The number of hydrogen-bond acceptors (Lipinski definition) is 4. The van der Waals surface area contributed by atoms with Gasteiger partial charge in [0.25, 0.3) is 0 Å². The smallest absolute Gasteiger partial charge is 0.0725 e. The number of rotatable bonds is 5. The summed E-state index contributed by atoms with van der Waals surface area (Å²) in [5, 5.41) is 4.75. The molecule has 47 heavy (non-hydrogen) atoms. The van der Waals surface area contributed by atoms with E-state index in [2.05, 4.69) is 118 Å². The van der Waals surface area contributed by atoms with E-state index in [1.165, 1.54) is 10.8 Å². The van der Waals surface area contributed by atoms with Crippen molar-refractivity contribution < 1.29 is 0 Å². The fourth-order valence-electron chi connectivity index (χ4n) is 6.48. The van der Waals surface area contributed by atoms with Crippen molar-refractivity contribution in [3.05, 3.63) is 164 Å². The van der Waals surface area contributed by atoms with Crippen LogP contribution >= 0.6 is 0 Å². The summed E-state index contributed by atoms with van der Waals surface area (Å²) in [5.41, 5.74) is 11.1. The molecule has 0 aliphatic carbocycles. The van der Waals surface area contributed by atoms with Crippen LogP contribution in [0.15, 0.2) is 164 Å². The maximum absolute atomic E-state index is 5.04. The Kier molecular flexibility index (Phi) is 6.39. The second kappa shape index (κ2) is 11.2. The first kappa shape index (κ1) is 26.9. The number of nitrogens with zero attached hydrogens (tertiary/aromatic N) is 5. The molecule has 0 aliphatic rings. The molecule has 0 saturated carbocycles. The van der Waals surface area contributed by atoms with Crippen molar-refractivity contribution in [3.8, 4) is 50.7 Å². The number of fused-ring (bicyclic) bond motifs is 4. The summed E-state index contributed by atoms with van der Waals surface area (Å²) in [6.07, 6.45) is 7.27. The van der Waals surface area contributed by atoms with E-state index in [1.807, 2.05) is 48.8 Å².